The third-order valence-electron chi connectivity index (χ3n) is 3.18. The van der Waals surface area contributed by atoms with E-state index in [2.05, 4.69) is 15.5 Å². The second kappa shape index (κ2) is 3.31. The van der Waals surface area contributed by atoms with E-state index in [-0.39, 0.29) is 0 Å². The molecule has 0 spiro atoms. The fourth-order valence-corrected chi connectivity index (χ4v) is 2.44. The molecule has 0 radical (unpaired) electrons. The molecule has 2 aliphatic rings. The summed E-state index contributed by atoms with van der Waals surface area (Å²) >= 11 is 0. The van der Waals surface area contributed by atoms with Gasteiger partial charge in [0.05, 0.1) is 11.7 Å². The minimum absolute atomic E-state index is 0.381. The first-order valence-electron chi connectivity index (χ1n) is 5.39. The van der Waals surface area contributed by atoms with Crippen molar-refractivity contribution < 1.29 is 5.11 Å². The van der Waals surface area contributed by atoms with Crippen LogP contribution in [0.2, 0.25) is 0 Å². The zero-order chi connectivity index (χ0) is 10.3. The highest BCUT2D eigenvalue weighted by molar-refractivity contribution is 5.78. The summed E-state index contributed by atoms with van der Waals surface area (Å²) in [6, 6.07) is 6.11. The van der Waals surface area contributed by atoms with Crippen LogP contribution < -0.4 is 15.5 Å². The van der Waals surface area contributed by atoms with Crippen LogP contribution >= 0.6 is 0 Å². The van der Waals surface area contributed by atoms with Gasteiger partial charge in [-0.15, -0.1) is 0 Å². The number of para-hydroxylation sites is 1. The maximum Gasteiger partial charge on any atom is 0.141 e. The molecule has 3 N–H and O–H groups in total. The van der Waals surface area contributed by atoms with Gasteiger partial charge in [0, 0.05) is 26.2 Å². The van der Waals surface area contributed by atoms with Gasteiger partial charge in [0.2, 0.25) is 0 Å². The summed E-state index contributed by atoms with van der Waals surface area (Å²) in [5.41, 5.74) is 2.02. The quantitative estimate of drug-likeness (QED) is 0.580. The molecule has 0 bridgehead atoms. The molecule has 0 saturated carbocycles. The van der Waals surface area contributed by atoms with Gasteiger partial charge in [0.1, 0.15) is 11.4 Å². The Hall–Kier alpha value is -1.42. The smallest absolute Gasteiger partial charge is 0.141 e. The molecule has 1 aromatic carbocycles. The largest absolute Gasteiger partial charge is 0.506 e. The average Bonchev–Trinajstić information content (AvgIpc) is 2.29. The molecule has 0 amide bonds. The van der Waals surface area contributed by atoms with Crippen LogP contribution in [0, 0.1) is 0 Å². The summed E-state index contributed by atoms with van der Waals surface area (Å²) in [6.45, 7) is 3.89. The monoisotopic (exact) mass is 205 g/mol. The minimum Gasteiger partial charge on any atom is -0.506 e. The first-order valence-corrected chi connectivity index (χ1v) is 5.39. The Balaban J connectivity index is 2.05. The first-order chi connectivity index (χ1) is 7.36. The second-order valence-corrected chi connectivity index (χ2v) is 4.11. The van der Waals surface area contributed by atoms with Gasteiger partial charge in [-0.05, 0) is 12.1 Å². The summed E-state index contributed by atoms with van der Waals surface area (Å²) in [6.07, 6.45) is 0. The molecule has 2 heterocycles. The molecule has 1 aromatic rings. The Morgan fingerprint density at radius 1 is 1.33 bits per heavy atom. The number of nitrogens with one attached hydrogen (secondary N) is 2. The number of rotatable bonds is 0. The molecule has 0 aliphatic carbocycles. The molecule has 15 heavy (non-hydrogen) atoms. The van der Waals surface area contributed by atoms with Crippen LogP contribution in [-0.2, 0) is 0 Å². The zero-order valence-electron chi connectivity index (χ0n) is 8.53. The maximum absolute atomic E-state index is 9.89. The SMILES string of the molecule is Oc1cccc2c1N1CCNCC1CN2. The Morgan fingerprint density at radius 2 is 2.27 bits per heavy atom. The van der Waals surface area contributed by atoms with Crippen molar-refractivity contribution in [1.29, 1.82) is 0 Å². The van der Waals surface area contributed by atoms with Gasteiger partial charge >= 0.3 is 0 Å². The third-order valence-corrected chi connectivity index (χ3v) is 3.18. The molecular weight excluding hydrogens is 190 g/mol. The predicted octanol–water partition coefficient (Wildman–Crippen LogP) is 0.596. The third kappa shape index (κ3) is 1.33. The molecule has 4 nitrogen and oxygen atoms in total. The number of fused-ring (bicyclic) bond motifs is 3. The number of anilines is 2. The fourth-order valence-electron chi connectivity index (χ4n) is 2.44. The molecule has 4 heteroatoms. The van der Waals surface area contributed by atoms with Gasteiger partial charge < -0.3 is 20.6 Å². The molecule has 80 valence electrons. The number of nitrogens with zero attached hydrogens (tertiary/aromatic N) is 1. The van der Waals surface area contributed by atoms with Crippen molar-refractivity contribution in [2.45, 2.75) is 6.04 Å². The van der Waals surface area contributed by atoms with E-state index in [0.29, 0.717) is 11.8 Å². The van der Waals surface area contributed by atoms with E-state index in [1.165, 1.54) is 0 Å². The molecule has 1 atom stereocenters. The van der Waals surface area contributed by atoms with Crippen LogP contribution in [0.4, 0.5) is 11.4 Å². The summed E-state index contributed by atoms with van der Waals surface area (Å²) in [5, 5.41) is 16.6. The summed E-state index contributed by atoms with van der Waals surface area (Å²) in [5.74, 6) is 0.381. The minimum atomic E-state index is 0.381. The Morgan fingerprint density at radius 3 is 3.20 bits per heavy atom. The Kier molecular flexibility index (Phi) is 1.95. The molecule has 1 saturated heterocycles. The van der Waals surface area contributed by atoms with Crippen LogP contribution in [0.1, 0.15) is 0 Å². The van der Waals surface area contributed by atoms with E-state index in [1.54, 1.807) is 6.07 Å². The van der Waals surface area contributed by atoms with E-state index < -0.39 is 0 Å². The normalized spacial score (nSPS) is 24.0. The fraction of sp³-hybridized carbons (Fsp3) is 0.455. The van der Waals surface area contributed by atoms with Crippen molar-refractivity contribution in [3.05, 3.63) is 18.2 Å². The van der Waals surface area contributed by atoms with Crippen LogP contribution in [-0.4, -0.2) is 37.3 Å². The lowest BCUT2D eigenvalue weighted by atomic mass is 10.1. The van der Waals surface area contributed by atoms with E-state index in [1.807, 2.05) is 12.1 Å². The van der Waals surface area contributed by atoms with Crippen molar-refractivity contribution in [3.63, 3.8) is 0 Å². The Bertz CT molecular complexity index is 380. The van der Waals surface area contributed by atoms with E-state index >= 15 is 0 Å². The van der Waals surface area contributed by atoms with E-state index in [4.69, 9.17) is 0 Å². The van der Waals surface area contributed by atoms with Gasteiger partial charge in [-0.3, -0.25) is 0 Å². The van der Waals surface area contributed by atoms with Crippen molar-refractivity contribution in [2.24, 2.45) is 0 Å². The number of hydrogen-bond acceptors (Lipinski definition) is 4. The predicted molar refractivity (Wildman–Crippen MR) is 60.6 cm³/mol. The number of phenolic OH excluding ortho intramolecular Hbond substituents is 1. The Labute approximate surface area is 88.9 Å². The second-order valence-electron chi connectivity index (χ2n) is 4.11. The van der Waals surface area contributed by atoms with Gasteiger partial charge in [0.15, 0.2) is 0 Å². The topological polar surface area (TPSA) is 47.5 Å². The maximum atomic E-state index is 9.89. The highest BCUT2D eigenvalue weighted by Crippen LogP contribution is 2.39. The number of hydrogen-bond donors (Lipinski definition) is 3. The molecular formula is C11H15N3O. The lowest BCUT2D eigenvalue weighted by molar-refractivity contribution is 0.448. The molecule has 2 aliphatic heterocycles. The lowest BCUT2D eigenvalue weighted by Gasteiger charge is -2.42. The zero-order valence-corrected chi connectivity index (χ0v) is 8.53. The van der Waals surface area contributed by atoms with Crippen LogP contribution in [0.15, 0.2) is 18.2 Å². The number of piperazine rings is 1. The van der Waals surface area contributed by atoms with Crippen molar-refractivity contribution >= 4 is 11.4 Å². The average molecular weight is 205 g/mol. The van der Waals surface area contributed by atoms with Gasteiger partial charge in [0.25, 0.3) is 0 Å². The van der Waals surface area contributed by atoms with Crippen molar-refractivity contribution in [1.82, 2.24) is 5.32 Å². The first kappa shape index (κ1) is 8.85. The number of benzene rings is 1. The van der Waals surface area contributed by atoms with Crippen molar-refractivity contribution in [3.8, 4) is 5.75 Å². The van der Waals surface area contributed by atoms with Gasteiger partial charge in [-0.2, -0.15) is 0 Å². The summed E-state index contributed by atoms with van der Waals surface area (Å²) in [7, 11) is 0. The standard InChI is InChI=1S/C11H15N3O/c15-10-3-1-2-9-11(10)14-5-4-12-6-8(14)7-13-9/h1-3,8,12-13,15H,4-7H2. The van der Waals surface area contributed by atoms with Crippen LogP contribution in [0.25, 0.3) is 0 Å². The number of aromatic hydroxyl groups is 1. The van der Waals surface area contributed by atoms with Gasteiger partial charge in [-0.25, -0.2) is 0 Å². The molecule has 3 rings (SSSR count). The van der Waals surface area contributed by atoms with Crippen molar-refractivity contribution in [2.75, 3.05) is 36.4 Å². The molecule has 0 aromatic heterocycles. The van der Waals surface area contributed by atoms with E-state index in [9.17, 15) is 5.11 Å². The lowest BCUT2D eigenvalue weighted by Crippen LogP contribution is -2.56. The van der Waals surface area contributed by atoms with E-state index in [0.717, 1.165) is 37.6 Å². The summed E-state index contributed by atoms with van der Waals surface area (Å²) < 4.78 is 0. The molecule has 1 unspecified atom stereocenters. The highest BCUT2D eigenvalue weighted by Gasteiger charge is 2.29. The van der Waals surface area contributed by atoms with Crippen LogP contribution in [0.5, 0.6) is 5.75 Å². The van der Waals surface area contributed by atoms with Crippen LogP contribution in [0.3, 0.4) is 0 Å². The molecule has 1 fully saturated rings. The highest BCUT2D eigenvalue weighted by atomic mass is 16.3. The summed E-state index contributed by atoms with van der Waals surface area (Å²) in [4.78, 5) is 2.30. The van der Waals surface area contributed by atoms with Gasteiger partial charge in [-0.1, -0.05) is 6.07 Å². The number of phenols is 1.